The molecule has 1 aromatic carbocycles. The number of piperidine rings is 1. The highest BCUT2D eigenvalue weighted by Gasteiger charge is 2.38. The molecular weight excluding hydrogens is 277 g/mol. The molecule has 2 nitrogen and oxygen atoms in total. The molecule has 0 unspecified atom stereocenters. The highest BCUT2D eigenvalue weighted by molar-refractivity contribution is 6.17. The van der Waals surface area contributed by atoms with Crippen LogP contribution in [0.25, 0.3) is 0 Å². The summed E-state index contributed by atoms with van der Waals surface area (Å²) >= 11 is 5.68. The fraction of sp³-hybridized carbons (Fsp3) is 0.625. The zero-order valence-electron chi connectivity index (χ0n) is 11.7. The summed E-state index contributed by atoms with van der Waals surface area (Å²) in [5.74, 6) is 0.0421. The molecular formula is C16H21ClFNO. The lowest BCUT2D eigenvalue weighted by Gasteiger charge is -2.38. The number of ether oxygens (including phenoxy) is 1. The van der Waals surface area contributed by atoms with Gasteiger partial charge in [0.15, 0.2) is 0 Å². The van der Waals surface area contributed by atoms with Crippen LogP contribution in [0.3, 0.4) is 0 Å². The van der Waals surface area contributed by atoms with Gasteiger partial charge in [0.25, 0.3) is 0 Å². The average Bonchev–Trinajstić information content (AvgIpc) is 2.90. The first-order valence-corrected chi connectivity index (χ1v) is 7.94. The minimum Gasteiger partial charge on any atom is -0.375 e. The fourth-order valence-corrected chi connectivity index (χ4v) is 3.54. The van der Waals surface area contributed by atoms with Gasteiger partial charge in [-0.25, -0.2) is 4.39 Å². The van der Waals surface area contributed by atoms with E-state index in [2.05, 4.69) is 4.90 Å². The summed E-state index contributed by atoms with van der Waals surface area (Å²) in [4.78, 5) is 2.39. The first-order chi connectivity index (χ1) is 9.71. The Balaban J connectivity index is 1.58. The number of benzene rings is 1. The van der Waals surface area contributed by atoms with Crippen LogP contribution < -0.4 is 0 Å². The van der Waals surface area contributed by atoms with Gasteiger partial charge in [0.2, 0.25) is 0 Å². The van der Waals surface area contributed by atoms with E-state index in [9.17, 15) is 4.39 Å². The molecule has 0 N–H and O–H groups in total. The van der Waals surface area contributed by atoms with E-state index in [0.717, 1.165) is 44.6 Å². The van der Waals surface area contributed by atoms with Crippen molar-refractivity contribution in [3.05, 3.63) is 35.1 Å². The van der Waals surface area contributed by atoms with E-state index in [-0.39, 0.29) is 17.3 Å². The molecule has 2 saturated heterocycles. The Kier molecular flexibility index (Phi) is 4.29. The molecule has 0 saturated carbocycles. The monoisotopic (exact) mass is 297 g/mol. The van der Waals surface area contributed by atoms with Crippen LogP contribution >= 0.6 is 11.6 Å². The topological polar surface area (TPSA) is 12.5 Å². The zero-order chi connectivity index (χ0) is 14.0. The van der Waals surface area contributed by atoms with Crippen LogP contribution in [0.2, 0.25) is 0 Å². The fourth-order valence-electron chi connectivity index (χ4n) is 3.32. The second kappa shape index (κ2) is 6.00. The molecule has 0 atom stereocenters. The summed E-state index contributed by atoms with van der Waals surface area (Å²) in [6, 6.07) is 5.40. The SMILES string of the molecule is Fc1cc(CN2CCC3(CCCO3)CC2)ccc1CCl. The van der Waals surface area contributed by atoms with Crippen molar-refractivity contribution in [3.8, 4) is 0 Å². The molecule has 2 aliphatic heterocycles. The molecule has 0 aromatic heterocycles. The van der Waals surface area contributed by atoms with Crippen molar-refractivity contribution in [3.63, 3.8) is 0 Å². The van der Waals surface area contributed by atoms with Crippen LogP contribution in [0, 0.1) is 5.82 Å². The van der Waals surface area contributed by atoms with Gasteiger partial charge in [-0.05, 0) is 37.3 Å². The van der Waals surface area contributed by atoms with Crippen molar-refractivity contribution < 1.29 is 9.13 Å². The summed E-state index contributed by atoms with van der Waals surface area (Å²) in [5, 5.41) is 0. The minimum atomic E-state index is -0.190. The van der Waals surface area contributed by atoms with E-state index >= 15 is 0 Å². The summed E-state index contributed by atoms with van der Waals surface area (Å²) in [5.41, 5.74) is 1.76. The Labute approximate surface area is 124 Å². The van der Waals surface area contributed by atoms with E-state index in [1.54, 1.807) is 12.1 Å². The predicted octanol–water partition coefficient (Wildman–Crippen LogP) is 3.71. The van der Waals surface area contributed by atoms with Gasteiger partial charge in [-0.2, -0.15) is 0 Å². The van der Waals surface area contributed by atoms with Crippen molar-refractivity contribution in [2.45, 2.75) is 43.7 Å². The molecule has 0 bridgehead atoms. The number of hydrogen-bond acceptors (Lipinski definition) is 2. The van der Waals surface area contributed by atoms with E-state index in [0.29, 0.717) is 5.56 Å². The zero-order valence-corrected chi connectivity index (χ0v) is 12.5. The highest BCUT2D eigenvalue weighted by Crippen LogP contribution is 2.35. The standard InChI is InChI=1S/C16H21ClFNO/c17-11-14-3-2-13(10-15(14)18)12-19-7-5-16(6-8-19)4-1-9-20-16/h2-3,10H,1,4-9,11-12H2. The molecule has 2 fully saturated rings. The van der Waals surface area contributed by atoms with Gasteiger partial charge in [-0.15, -0.1) is 11.6 Å². The third-order valence-electron chi connectivity index (χ3n) is 4.62. The quantitative estimate of drug-likeness (QED) is 0.789. The van der Waals surface area contributed by atoms with Crippen molar-refractivity contribution in [1.82, 2.24) is 4.90 Å². The minimum absolute atomic E-state index is 0.157. The molecule has 4 heteroatoms. The molecule has 0 radical (unpaired) electrons. The molecule has 2 aliphatic rings. The third kappa shape index (κ3) is 3.00. The van der Waals surface area contributed by atoms with Gasteiger partial charge in [0.1, 0.15) is 5.82 Å². The van der Waals surface area contributed by atoms with E-state index < -0.39 is 0 Å². The van der Waals surface area contributed by atoms with E-state index in [1.807, 2.05) is 6.07 Å². The largest absolute Gasteiger partial charge is 0.375 e. The van der Waals surface area contributed by atoms with Crippen molar-refractivity contribution >= 4 is 11.6 Å². The lowest BCUT2D eigenvalue weighted by molar-refractivity contribution is -0.0447. The van der Waals surface area contributed by atoms with Crippen LogP contribution in [-0.2, 0) is 17.2 Å². The van der Waals surface area contributed by atoms with E-state index in [4.69, 9.17) is 16.3 Å². The highest BCUT2D eigenvalue weighted by atomic mass is 35.5. The van der Waals surface area contributed by atoms with Crippen LogP contribution in [-0.4, -0.2) is 30.2 Å². The number of rotatable bonds is 3. The number of likely N-dealkylation sites (tertiary alicyclic amines) is 1. The Morgan fingerprint density at radius 2 is 2.05 bits per heavy atom. The Morgan fingerprint density at radius 1 is 1.25 bits per heavy atom. The third-order valence-corrected chi connectivity index (χ3v) is 4.91. The van der Waals surface area contributed by atoms with Gasteiger partial charge in [0.05, 0.1) is 11.5 Å². The first kappa shape index (κ1) is 14.3. The molecule has 3 rings (SSSR count). The van der Waals surface area contributed by atoms with Gasteiger partial charge < -0.3 is 4.74 Å². The van der Waals surface area contributed by atoms with E-state index in [1.165, 1.54) is 12.8 Å². The average molecular weight is 298 g/mol. The Morgan fingerprint density at radius 3 is 2.65 bits per heavy atom. The molecule has 1 spiro atoms. The number of alkyl halides is 1. The Bertz CT molecular complexity index is 464. The second-order valence-electron chi connectivity index (χ2n) is 5.97. The number of nitrogens with zero attached hydrogens (tertiary/aromatic N) is 1. The lowest BCUT2D eigenvalue weighted by atomic mass is 9.88. The maximum atomic E-state index is 13.7. The molecule has 1 aromatic rings. The summed E-state index contributed by atoms with van der Waals surface area (Å²) in [6.45, 7) is 3.82. The maximum Gasteiger partial charge on any atom is 0.127 e. The first-order valence-electron chi connectivity index (χ1n) is 7.40. The number of hydrogen-bond donors (Lipinski definition) is 0. The normalized spacial score (nSPS) is 22.5. The van der Waals surface area contributed by atoms with Crippen LogP contribution in [0.4, 0.5) is 4.39 Å². The summed E-state index contributed by atoms with van der Waals surface area (Å²) < 4.78 is 19.7. The molecule has 20 heavy (non-hydrogen) atoms. The van der Waals surface area contributed by atoms with Crippen molar-refractivity contribution in [1.29, 1.82) is 0 Å². The second-order valence-corrected chi connectivity index (χ2v) is 6.24. The van der Waals surface area contributed by atoms with Gasteiger partial charge >= 0.3 is 0 Å². The Hall–Kier alpha value is -0.640. The van der Waals surface area contributed by atoms with Crippen molar-refractivity contribution in [2.75, 3.05) is 19.7 Å². The predicted molar refractivity (Wildman–Crippen MR) is 78.4 cm³/mol. The van der Waals surface area contributed by atoms with Crippen LogP contribution in [0.1, 0.15) is 36.8 Å². The lowest BCUT2D eigenvalue weighted by Crippen LogP contribution is -2.43. The number of halogens is 2. The molecule has 110 valence electrons. The van der Waals surface area contributed by atoms with Crippen LogP contribution in [0.15, 0.2) is 18.2 Å². The van der Waals surface area contributed by atoms with Crippen molar-refractivity contribution in [2.24, 2.45) is 0 Å². The van der Waals surface area contributed by atoms with Gasteiger partial charge in [-0.3, -0.25) is 4.90 Å². The van der Waals surface area contributed by atoms with Gasteiger partial charge in [0, 0.05) is 31.8 Å². The maximum absolute atomic E-state index is 13.7. The van der Waals surface area contributed by atoms with Gasteiger partial charge in [-0.1, -0.05) is 12.1 Å². The molecule has 2 heterocycles. The molecule has 0 aliphatic carbocycles. The smallest absolute Gasteiger partial charge is 0.127 e. The summed E-state index contributed by atoms with van der Waals surface area (Å²) in [7, 11) is 0. The van der Waals surface area contributed by atoms with Crippen LogP contribution in [0.5, 0.6) is 0 Å². The summed E-state index contributed by atoms with van der Waals surface area (Å²) in [6.07, 6.45) is 4.62. The molecule has 0 amide bonds.